The van der Waals surface area contributed by atoms with Crippen molar-refractivity contribution < 1.29 is 9.59 Å². The van der Waals surface area contributed by atoms with E-state index < -0.39 is 0 Å². The van der Waals surface area contributed by atoms with Crippen LogP contribution in [0.2, 0.25) is 0 Å². The minimum atomic E-state index is -0.335. The Morgan fingerprint density at radius 2 is 2.04 bits per heavy atom. The van der Waals surface area contributed by atoms with Gasteiger partial charge in [-0.3, -0.25) is 14.6 Å². The van der Waals surface area contributed by atoms with Crippen molar-refractivity contribution >= 4 is 11.8 Å². The van der Waals surface area contributed by atoms with Gasteiger partial charge in [-0.2, -0.15) is 0 Å². The predicted molar refractivity (Wildman–Crippen MR) is 97.0 cm³/mol. The van der Waals surface area contributed by atoms with Gasteiger partial charge in [0, 0.05) is 24.8 Å². The molecule has 2 heterocycles. The van der Waals surface area contributed by atoms with Gasteiger partial charge >= 0.3 is 0 Å². The van der Waals surface area contributed by atoms with E-state index in [-0.39, 0.29) is 17.7 Å². The molecule has 1 saturated heterocycles. The van der Waals surface area contributed by atoms with E-state index in [4.69, 9.17) is 5.73 Å². The largest absolute Gasteiger partial charge is 0.369 e. The lowest BCUT2D eigenvalue weighted by Gasteiger charge is -2.31. The van der Waals surface area contributed by atoms with E-state index in [0.717, 1.165) is 29.5 Å². The van der Waals surface area contributed by atoms with Crippen molar-refractivity contribution in [1.82, 2.24) is 9.88 Å². The Kier molecular flexibility index (Phi) is 4.83. The van der Waals surface area contributed by atoms with Crippen molar-refractivity contribution in [3.05, 3.63) is 53.2 Å². The zero-order valence-corrected chi connectivity index (χ0v) is 14.7. The molecule has 0 saturated carbocycles. The molecule has 1 aromatic heterocycles. The quantitative estimate of drug-likeness (QED) is 0.935. The van der Waals surface area contributed by atoms with Crippen LogP contribution in [-0.4, -0.2) is 34.8 Å². The van der Waals surface area contributed by atoms with Crippen LogP contribution >= 0.6 is 0 Å². The number of nitrogens with zero attached hydrogens (tertiary/aromatic N) is 2. The molecule has 1 aliphatic rings. The van der Waals surface area contributed by atoms with Gasteiger partial charge in [0.25, 0.3) is 5.91 Å². The molecule has 1 aliphatic heterocycles. The van der Waals surface area contributed by atoms with E-state index in [1.807, 2.05) is 26.0 Å². The number of rotatable bonds is 3. The van der Waals surface area contributed by atoms with E-state index in [0.29, 0.717) is 24.3 Å². The summed E-state index contributed by atoms with van der Waals surface area (Å²) in [5, 5.41) is 0. The number of nitrogens with two attached hydrogens (primary N) is 1. The normalized spacial score (nSPS) is 17.4. The van der Waals surface area contributed by atoms with Gasteiger partial charge in [0.05, 0.1) is 17.2 Å². The molecule has 1 atom stereocenters. The first-order chi connectivity index (χ1) is 12.0. The molecular formula is C20H23N3O2. The molecular weight excluding hydrogens is 314 g/mol. The highest BCUT2D eigenvalue weighted by atomic mass is 16.2. The molecule has 130 valence electrons. The summed E-state index contributed by atoms with van der Waals surface area (Å²) in [5.41, 5.74) is 9.86. The Morgan fingerprint density at radius 3 is 2.80 bits per heavy atom. The first-order valence-electron chi connectivity index (χ1n) is 8.58. The fourth-order valence-electron chi connectivity index (χ4n) is 3.35. The van der Waals surface area contributed by atoms with Gasteiger partial charge < -0.3 is 10.6 Å². The highest BCUT2D eigenvalue weighted by Gasteiger charge is 2.29. The first kappa shape index (κ1) is 17.1. The smallest absolute Gasteiger partial charge is 0.256 e. The zero-order chi connectivity index (χ0) is 18.0. The lowest BCUT2D eigenvalue weighted by atomic mass is 9.95. The summed E-state index contributed by atoms with van der Waals surface area (Å²) in [4.78, 5) is 30.8. The van der Waals surface area contributed by atoms with Gasteiger partial charge in [-0.1, -0.05) is 17.7 Å². The van der Waals surface area contributed by atoms with E-state index >= 15 is 0 Å². The van der Waals surface area contributed by atoms with Gasteiger partial charge in [-0.05, 0) is 50.5 Å². The maximum Gasteiger partial charge on any atom is 0.256 e. The number of hydrogen-bond donors (Lipinski definition) is 1. The average Bonchev–Trinajstić information content (AvgIpc) is 2.63. The minimum absolute atomic E-state index is 0.0880. The number of carbonyl (C=O) groups excluding carboxylic acids is 2. The highest BCUT2D eigenvalue weighted by molar-refractivity contribution is 6.00. The second-order valence-corrected chi connectivity index (χ2v) is 6.71. The number of aryl methyl sites for hydroxylation is 2. The van der Waals surface area contributed by atoms with E-state index in [9.17, 15) is 9.59 Å². The number of primary amides is 1. The third-order valence-corrected chi connectivity index (χ3v) is 4.80. The number of hydrogen-bond acceptors (Lipinski definition) is 3. The van der Waals surface area contributed by atoms with Crippen LogP contribution in [0, 0.1) is 19.8 Å². The average molecular weight is 337 g/mol. The monoisotopic (exact) mass is 337 g/mol. The van der Waals surface area contributed by atoms with Crippen molar-refractivity contribution in [1.29, 1.82) is 0 Å². The van der Waals surface area contributed by atoms with Gasteiger partial charge in [0.2, 0.25) is 5.91 Å². The number of benzene rings is 1. The maximum absolute atomic E-state index is 13.1. The molecule has 1 aromatic carbocycles. The SMILES string of the molecule is Cc1ccc(C)c(-c2ncccc2C(=O)N2CCCC(C(N)=O)C2)c1. The van der Waals surface area contributed by atoms with Crippen molar-refractivity contribution in [2.75, 3.05) is 13.1 Å². The lowest BCUT2D eigenvalue weighted by molar-refractivity contribution is -0.123. The lowest BCUT2D eigenvalue weighted by Crippen LogP contribution is -2.44. The van der Waals surface area contributed by atoms with Crippen molar-refractivity contribution in [2.24, 2.45) is 11.7 Å². The number of pyridine rings is 1. The molecule has 2 amide bonds. The van der Waals surface area contributed by atoms with E-state index in [2.05, 4.69) is 11.1 Å². The summed E-state index contributed by atoms with van der Waals surface area (Å²) in [7, 11) is 0. The summed E-state index contributed by atoms with van der Waals surface area (Å²) in [5.74, 6) is -0.688. The number of piperidine rings is 1. The summed E-state index contributed by atoms with van der Waals surface area (Å²) < 4.78 is 0. The molecule has 0 spiro atoms. The molecule has 2 aromatic rings. The zero-order valence-electron chi connectivity index (χ0n) is 14.7. The van der Waals surface area contributed by atoms with E-state index in [1.54, 1.807) is 23.2 Å². The molecule has 0 bridgehead atoms. The van der Waals surface area contributed by atoms with Crippen LogP contribution in [0.15, 0.2) is 36.5 Å². The number of aromatic nitrogens is 1. The van der Waals surface area contributed by atoms with Gasteiger partial charge in [-0.15, -0.1) is 0 Å². The van der Waals surface area contributed by atoms with Gasteiger partial charge in [0.15, 0.2) is 0 Å². The molecule has 1 fully saturated rings. The Labute approximate surface area is 147 Å². The molecule has 0 radical (unpaired) electrons. The molecule has 5 heteroatoms. The summed E-state index contributed by atoms with van der Waals surface area (Å²) in [6.07, 6.45) is 3.24. The van der Waals surface area contributed by atoms with Crippen molar-refractivity contribution in [2.45, 2.75) is 26.7 Å². The van der Waals surface area contributed by atoms with E-state index in [1.165, 1.54) is 0 Å². The second-order valence-electron chi connectivity index (χ2n) is 6.71. The third-order valence-electron chi connectivity index (χ3n) is 4.80. The molecule has 5 nitrogen and oxygen atoms in total. The van der Waals surface area contributed by atoms with Crippen molar-refractivity contribution in [3.63, 3.8) is 0 Å². The van der Waals surface area contributed by atoms with Gasteiger partial charge in [-0.25, -0.2) is 0 Å². The number of likely N-dealkylation sites (tertiary alicyclic amines) is 1. The first-order valence-corrected chi connectivity index (χ1v) is 8.58. The van der Waals surface area contributed by atoms with Crippen LogP contribution in [0.1, 0.15) is 34.3 Å². The fraction of sp³-hybridized carbons (Fsp3) is 0.350. The standard InChI is InChI=1S/C20H23N3O2/c1-13-7-8-14(2)17(11-13)18-16(6-3-9-22-18)20(25)23-10-4-5-15(12-23)19(21)24/h3,6-9,11,15H,4-5,10,12H2,1-2H3,(H2,21,24). The predicted octanol–water partition coefficient (Wildman–Crippen LogP) is 2.70. The number of amides is 2. The molecule has 3 rings (SSSR count). The highest BCUT2D eigenvalue weighted by Crippen LogP contribution is 2.28. The van der Waals surface area contributed by atoms with Crippen LogP contribution in [0.5, 0.6) is 0 Å². The summed E-state index contributed by atoms with van der Waals surface area (Å²) in [6.45, 7) is 5.07. The Bertz CT molecular complexity index is 816. The van der Waals surface area contributed by atoms with Crippen LogP contribution in [0.3, 0.4) is 0 Å². The Morgan fingerprint density at radius 1 is 1.24 bits per heavy atom. The summed E-state index contributed by atoms with van der Waals surface area (Å²) >= 11 is 0. The third kappa shape index (κ3) is 3.55. The van der Waals surface area contributed by atoms with Crippen LogP contribution < -0.4 is 5.73 Å². The maximum atomic E-state index is 13.1. The topological polar surface area (TPSA) is 76.3 Å². The second kappa shape index (κ2) is 7.05. The molecule has 25 heavy (non-hydrogen) atoms. The van der Waals surface area contributed by atoms with Gasteiger partial charge in [0.1, 0.15) is 0 Å². The van der Waals surface area contributed by atoms with Crippen molar-refractivity contribution in [3.8, 4) is 11.3 Å². The molecule has 1 unspecified atom stereocenters. The Hall–Kier alpha value is -2.69. The van der Waals surface area contributed by atoms with Crippen LogP contribution in [-0.2, 0) is 4.79 Å². The fourth-order valence-corrected chi connectivity index (χ4v) is 3.35. The number of carbonyl (C=O) groups is 2. The summed E-state index contributed by atoms with van der Waals surface area (Å²) in [6, 6.07) is 9.72. The molecule has 0 aliphatic carbocycles. The van der Waals surface area contributed by atoms with Crippen LogP contribution in [0.4, 0.5) is 0 Å². The molecule has 2 N–H and O–H groups in total. The van der Waals surface area contributed by atoms with Crippen LogP contribution in [0.25, 0.3) is 11.3 Å². The minimum Gasteiger partial charge on any atom is -0.369 e. The Balaban J connectivity index is 1.97.